The number of halogens is 1. The quantitative estimate of drug-likeness (QED) is 0.577. The van der Waals surface area contributed by atoms with Crippen LogP contribution >= 0.6 is 15.9 Å². The first-order chi connectivity index (χ1) is 6.86. The van der Waals surface area contributed by atoms with E-state index >= 15 is 0 Å². The first kappa shape index (κ1) is 11.7. The Morgan fingerprint density at radius 3 is 2.50 bits per heavy atom. The third-order valence-electron chi connectivity index (χ3n) is 1.76. The van der Waals surface area contributed by atoms with E-state index in [1.807, 2.05) is 37.3 Å². The average molecular weight is 259 g/mol. The third-order valence-corrected chi connectivity index (χ3v) is 2.29. The predicted octanol–water partition coefficient (Wildman–Crippen LogP) is 2.96. The van der Waals surface area contributed by atoms with Crippen molar-refractivity contribution in [1.29, 1.82) is 0 Å². The molecule has 0 fully saturated rings. The Balaban J connectivity index is 2.32. The highest BCUT2D eigenvalue weighted by atomic mass is 79.9. The van der Waals surface area contributed by atoms with Gasteiger partial charge in [-0.15, -0.1) is 0 Å². The molecular formula is C11H15BrO2. The van der Waals surface area contributed by atoms with Crippen molar-refractivity contribution < 1.29 is 9.47 Å². The molecule has 2 nitrogen and oxygen atoms in total. The minimum atomic E-state index is -0.153. The van der Waals surface area contributed by atoms with E-state index < -0.39 is 0 Å². The second-order valence-corrected chi connectivity index (χ2v) is 3.48. The first-order valence-electron chi connectivity index (χ1n) is 4.70. The summed E-state index contributed by atoms with van der Waals surface area (Å²) in [6.07, 6.45) is -0.153. The van der Waals surface area contributed by atoms with Gasteiger partial charge in [-0.25, -0.2) is 0 Å². The normalized spacial score (nSPS) is 12.7. The van der Waals surface area contributed by atoms with Crippen LogP contribution in [0.5, 0.6) is 0 Å². The van der Waals surface area contributed by atoms with Crippen molar-refractivity contribution in [2.75, 3.05) is 11.9 Å². The van der Waals surface area contributed by atoms with Gasteiger partial charge in [0.05, 0.1) is 11.9 Å². The predicted molar refractivity (Wildman–Crippen MR) is 60.4 cm³/mol. The van der Waals surface area contributed by atoms with E-state index in [4.69, 9.17) is 9.47 Å². The second-order valence-electron chi connectivity index (χ2n) is 2.84. The van der Waals surface area contributed by atoms with Crippen molar-refractivity contribution in [2.45, 2.75) is 19.8 Å². The van der Waals surface area contributed by atoms with Crippen LogP contribution in [0.25, 0.3) is 0 Å². The highest BCUT2D eigenvalue weighted by Gasteiger charge is 2.05. The van der Waals surface area contributed by atoms with Crippen LogP contribution in [0.4, 0.5) is 0 Å². The van der Waals surface area contributed by atoms with Crippen molar-refractivity contribution in [3.63, 3.8) is 0 Å². The smallest absolute Gasteiger partial charge is 0.167 e. The van der Waals surface area contributed by atoms with Crippen molar-refractivity contribution in [1.82, 2.24) is 0 Å². The van der Waals surface area contributed by atoms with E-state index in [9.17, 15) is 0 Å². The van der Waals surface area contributed by atoms with Gasteiger partial charge in [0.15, 0.2) is 6.29 Å². The number of hydrogen-bond donors (Lipinski definition) is 0. The summed E-state index contributed by atoms with van der Waals surface area (Å²) < 4.78 is 10.9. The Labute approximate surface area is 93.4 Å². The highest BCUT2D eigenvalue weighted by Crippen LogP contribution is 2.06. The van der Waals surface area contributed by atoms with Crippen LogP contribution in [-0.2, 0) is 16.1 Å². The maximum atomic E-state index is 5.55. The first-order valence-corrected chi connectivity index (χ1v) is 5.82. The van der Waals surface area contributed by atoms with Gasteiger partial charge in [-0.2, -0.15) is 0 Å². The van der Waals surface area contributed by atoms with Gasteiger partial charge in [0.25, 0.3) is 0 Å². The molecule has 0 bridgehead atoms. The minimum Gasteiger partial charge on any atom is -0.352 e. The van der Waals surface area contributed by atoms with Gasteiger partial charge in [-0.3, -0.25) is 0 Å². The van der Waals surface area contributed by atoms with Crippen LogP contribution in [0.3, 0.4) is 0 Å². The van der Waals surface area contributed by atoms with E-state index in [1.165, 1.54) is 0 Å². The van der Waals surface area contributed by atoms with Gasteiger partial charge in [0, 0.05) is 6.61 Å². The Hall–Kier alpha value is -0.380. The van der Waals surface area contributed by atoms with Crippen LogP contribution < -0.4 is 0 Å². The molecule has 1 unspecified atom stereocenters. The number of alkyl halides is 1. The third kappa shape index (κ3) is 4.22. The second kappa shape index (κ2) is 6.98. The van der Waals surface area contributed by atoms with Crippen LogP contribution in [0.2, 0.25) is 0 Å². The maximum absolute atomic E-state index is 5.55. The highest BCUT2D eigenvalue weighted by molar-refractivity contribution is 9.09. The molecule has 1 atom stereocenters. The largest absolute Gasteiger partial charge is 0.352 e. The van der Waals surface area contributed by atoms with Crippen LogP contribution in [0.15, 0.2) is 30.3 Å². The average Bonchev–Trinajstić information content (AvgIpc) is 2.25. The molecule has 1 aromatic rings. The lowest BCUT2D eigenvalue weighted by molar-refractivity contribution is -0.130. The number of rotatable bonds is 6. The van der Waals surface area contributed by atoms with Gasteiger partial charge in [0.2, 0.25) is 0 Å². The van der Waals surface area contributed by atoms with E-state index in [-0.39, 0.29) is 6.29 Å². The molecule has 0 aliphatic rings. The summed E-state index contributed by atoms with van der Waals surface area (Å²) in [6, 6.07) is 10.1. The molecule has 0 N–H and O–H groups in total. The van der Waals surface area contributed by atoms with Gasteiger partial charge in [-0.05, 0) is 12.5 Å². The number of benzene rings is 1. The van der Waals surface area contributed by atoms with Crippen LogP contribution in [0, 0.1) is 0 Å². The van der Waals surface area contributed by atoms with E-state index in [0.717, 1.165) is 5.56 Å². The molecule has 0 radical (unpaired) electrons. The summed E-state index contributed by atoms with van der Waals surface area (Å²) >= 11 is 3.34. The monoisotopic (exact) mass is 258 g/mol. The Morgan fingerprint density at radius 2 is 1.93 bits per heavy atom. The number of hydrogen-bond acceptors (Lipinski definition) is 2. The van der Waals surface area contributed by atoms with Crippen molar-refractivity contribution in [3.8, 4) is 0 Å². The summed E-state index contributed by atoms with van der Waals surface area (Å²) in [7, 11) is 0. The standard InChI is InChI=1S/C11H15BrO2/c1-2-13-11(8-12)14-9-10-6-4-3-5-7-10/h3-7,11H,2,8-9H2,1H3. The molecule has 0 aromatic heterocycles. The molecular weight excluding hydrogens is 244 g/mol. The molecule has 0 heterocycles. The maximum Gasteiger partial charge on any atom is 0.167 e. The Kier molecular flexibility index (Phi) is 5.83. The molecule has 0 spiro atoms. The fraction of sp³-hybridized carbons (Fsp3) is 0.455. The molecule has 1 aromatic carbocycles. The van der Waals surface area contributed by atoms with Crippen LogP contribution in [-0.4, -0.2) is 18.2 Å². The Bertz CT molecular complexity index is 238. The molecule has 3 heteroatoms. The van der Waals surface area contributed by atoms with Crippen molar-refractivity contribution >= 4 is 15.9 Å². The van der Waals surface area contributed by atoms with E-state index in [1.54, 1.807) is 0 Å². The number of ether oxygens (including phenoxy) is 2. The van der Waals surface area contributed by atoms with Gasteiger partial charge < -0.3 is 9.47 Å². The molecule has 1 rings (SSSR count). The minimum absolute atomic E-state index is 0.153. The zero-order valence-electron chi connectivity index (χ0n) is 8.28. The molecule has 0 aliphatic carbocycles. The summed E-state index contributed by atoms with van der Waals surface area (Å²) in [5.74, 6) is 0. The van der Waals surface area contributed by atoms with Gasteiger partial charge in [0.1, 0.15) is 0 Å². The summed E-state index contributed by atoms with van der Waals surface area (Å²) in [4.78, 5) is 0. The van der Waals surface area contributed by atoms with Crippen molar-refractivity contribution in [3.05, 3.63) is 35.9 Å². The fourth-order valence-corrected chi connectivity index (χ4v) is 1.46. The van der Waals surface area contributed by atoms with E-state index in [0.29, 0.717) is 18.5 Å². The Morgan fingerprint density at radius 1 is 1.21 bits per heavy atom. The molecule has 0 aliphatic heterocycles. The summed E-state index contributed by atoms with van der Waals surface area (Å²) in [5, 5.41) is 0.702. The summed E-state index contributed by atoms with van der Waals surface area (Å²) in [5.41, 5.74) is 1.16. The molecule has 0 saturated heterocycles. The lowest BCUT2D eigenvalue weighted by Crippen LogP contribution is -2.18. The van der Waals surface area contributed by atoms with E-state index in [2.05, 4.69) is 15.9 Å². The van der Waals surface area contributed by atoms with Crippen LogP contribution in [0.1, 0.15) is 12.5 Å². The zero-order valence-corrected chi connectivity index (χ0v) is 9.87. The zero-order chi connectivity index (χ0) is 10.2. The van der Waals surface area contributed by atoms with Crippen molar-refractivity contribution in [2.24, 2.45) is 0 Å². The summed E-state index contributed by atoms with van der Waals surface area (Å²) in [6.45, 7) is 3.23. The molecule has 78 valence electrons. The lowest BCUT2D eigenvalue weighted by Gasteiger charge is -2.14. The molecule has 0 amide bonds. The fourth-order valence-electron chi connectivity index (χ4n) is 1.09. The molecule has 14 heavy (non-hydrogen) atoms. The SMILES string of the molecule is CCOC(CBr)OCc1ccccc1. The molecule has 0 saturated carbocycles. The van der Waals surface area contributed by atoms with Gasteiger partial charge >= 0.3 is 0 Å². The topological polar surface area (TPSA) is 18.5 Å². The lowest BCUT2D eigenvalue weighted by atomic mass is 10.2. The van der Waals surface area contributed by atoms with Gasteiger partial charge in [-0.1, -0.05) is 46.3 Å².